The lowest BCUT2D eigenvalue weighted by atomic mass is 10.1. The van der Waals surface area contributed by atoms with Gasteiger partial charge in [-0.3, -0.25) is 9.59 Å². The average molecular weight is 229 g/mol. The van der Waals surface area contributed by atoms with E-state index in [0.29, 0.717) is 11.3 Å². The van der Waals surface area contributed by atoms with Crippen molar-refractivity contribution in [3.05, 3.63) is 11.1 Å². The number of rotatable bonds is 5. The number of nitrogens with one attached hydrogen (secondary N) is 1. The zero-order chi connectivity index (χ0) is 11.3. The molecule has 0 fully saturated rings. The Morgan fingerprint density at radius 1 is 1.67 bits per heavy atom. The number of hydrogen-bond donors (Lipinski definition) is 2. The minimum absolute atomic E-state index is 0.0749. The van der Waals surface area contributed by atoms with Crippen LogP contribution in [0.3, 0.4) is 0 Å². The highest BCUT2D eigenvalue weighted by Gasteiger charge is 2.16. The number of aliphatic carboxylic acids is 1. The molecular formula is C8H11N3O3S. The lowest BCUT2D eigenvalue weighted by Gasteiger charge is -2.13. The van der Waals surface area contributed by atoms with Gasteiger partial charge in [-0.05, 0) is 18.0 Å². The molecule has 1 amide bonds. The largest absolute Gasteiger partial charge is 0.481 e. The predicted octanol–water partition coefficient (Wildman–Crippen LogP) is 0.521. The van der Waals surface area contributed by atoms with Gasteiger partial charge in [0.1, 0.15) is 4.88 Å². The first kappa shape index (κ1) is 11.6. The normalized spacial score (nSPS) is 12.1. The molecule has 7 heteroatoms. The molecule has 6 nitrogen and oxygen atoms in total. The van der Waals surface area contributed by atoms with Gasteiger partial charge in [-0.15, -0.1) is 5.10 Å². The molecule has 2 N–H and O–H groups in total. The molecule has 1 heterocycles. The number of carbonyl (C=O) groups excluding carboxylic acids is 1. The highest BCUT2D eigenvalue weighted by atomic mass is 32.1. The maximum absolute atomic E-state index is 11.5. The molecule has 0 aromatic carbocycles. The van der Waals surface area contributed by atoms with Crippen molar-refractivity contribution in [3.8, 4) is 0 Å². The fraction of sp³-hybridized carbons (Fsp3) is 0.500. The number of amides is 1. The Labute approximate surface area is 90.5 Å². The van der Waals surface area contributed by atoms with Crippen LogP contribution in [0, 0.1) is 0 Å². The van der Waals surface area contributed by atoms with Gasteiger partial charge >= 0.3 is 5.97 Å². The molecule has 0 saturated heterocycles. The maximum atomic E-state index is 11.5. The molecule has 15 heavy (non-hydrogen) atoms. The molecule has 0 spiro atoms. The predicted molar refractivity (Wildman–Crippen MR) is 53.7 cm³/mol. The van der Waals surface area contributed by atoms with Gasteiger partial charge in [0.15, 0.2) is 0 Å². The standard InChI is InChI=1S/C8H11N3O3S/c1-2-5(3-7(12)13)10-8(14)6-4-9-11-15-6/h4-5H,2-3H2,1H3,(H,10,14)(H,12,13). The smallest absolute Gasteiger partial charge is 0.305 e. The van der Waals surface area contributed by atoms with E-state index >= 15 is 0 Å². The molecule has 0 radical (unpaired) electrons. The minimum atomic E-state index is -0.926. The zero-order valence-electron chi connectivity index (χ0n) is 8.14. The van der Waals surface area contributed by atoms with E-state index in [1.54, 1.807) is 0 Å². The van der Waals surface area contributed by atoms with Gasteiger partial charge in [0.05, 0.1) is 12.6 Å². The maximum Gasteiger partial charge on any atom is 0.305 e. The van der Waals surface area contributed by atoms with Crippen LogP contribution in [0.25, 0.3) is 0 Å². The van der Waals surface area contributed by atoms with Crippen molar-refractivity contribution >= 4 is 23.4 Å². The van der Waals surface area contributed by atoms with Gasteiger partial charge in [0, 0.05) is 6.04 Å². The van der Waals surface area contributed by atoms with Crippen LogP contribution < -0.4 is 5.32 Å². The Kier molecular flexibility index (Phi) is 4.17. The van der Waals surface area contributed by atoms with Crippen molar-refractivity contribution in [2.24, 2.45) is 0 Å². The fourth-order valence-corrected chi connectivity index (χ4v) is 1.45. The summed E-state index contributed by atoms with van der Waals surface area (Å²) in [6, 6.07) is -0.350. The van der Waals surface area contributed by atoms with E-state index < -0.39 is 5.97 Å². The molecule has 82 valence electrons. The number of hydrogen-bond acceptors (Lipinski definition) is 5. The second kappa shape index (κ2) is 5.40. The van der Waals surface area contributed by atoms with Gasteiger partial charge in [0.25, 0.3) is 5.91 Å². The Bertz CT molecular complexity index is 339. The second-order valence-electron chi connectivity index (χ2n) is 2.96. The Balaban J connectivity index is 2.52. The fourth-order valence-electron chi connectivity index (χ4n) is 1.03. The van der Waals surface area contributed by atoms with Gasteiger partial charge in [-0.2, -0.15) is 0 Å². The van der Waals surface area contributed by atoms with Crippen LogP contribution in [0.15, 0.2) is 6.20 Å². The molecule has 0 bridgehead atoms. The van der Waals surface area contributed by atoms with Gasteiger partial charge in [0.2, 0.25) is 0 Å². The highest BCUT2D eigenvalue weighted by molar-refractivity contribution is 7.07. The molecule has 1 atom stereocenters. The first-order chi connectivity index (χ1) is 7.13. The van der Waals surface area contributed by atoms with Crippen molar-refractivity contribution in [1.82, 2.24) is 14.9 Å². The summed E-state index contributed by atoms with van der Waals surface area (Å²) in [5.74, 6) is -1.25. The SMILES string of the molecule is CCC(CC(=O)O)NC(=O)c1cnns1. The van der Waals surface area contributed by atoms with E-state index in [9.17, 15) is 9.59 Å². The molecule has 1 aromatic rings. The van der Waals surface area contributed by atoms with Crippen molar-refractivity contribution < 1.29 is 14.7 Å². The zero-order valence-corrected chi connectivity index (χ0v) is 8.95. The molecular weight excluding hydrogens is 218 g/mol. The summed E-state index contributed by atoms with van der Waals surface area (Å²) in [5.41, 5.74) is 0. The summed E-state index contributed by atoms with van der Waals surface area (Å²) in [5, 5.41) is 14.7. The Hall–Kier alpha value is -1.50. The number of carbonyl (C=O) groups is 2. The Morgan fingerprint density at radius 3 is 2.87 bits per heavy atom. The number of nitrogens with zero attached hydrogens (tertiary/aromatic N) is 2. The van der Waals surface area contributed by atoms with Crippen LogP contribution in [0.1, 0.15) is 29.4 Å². The lowest BCUT2D eigenvalue weighted by molar-refractivity contribution is -0.137. The number of carboxylic acids is 1. The molecule has 1 unspecified atom stereocenters. The van der Waals surface area contributed by atoms with Crippen LogP contribution in [0.2, 0.25) is 0 Å². The van der Waals surface area contributed by atoms with Crippen LogP contribution in [-0.4, -0.2) is 32.6 Å². The van der Waals surface area contributed by atoms with Gasteiger partial charge < -0.3 is 10.4 Å². The van der Waals surface area contributed by atoms with Gasteiger partial charge in [-0.25, -0.2) is 0 Å². The molecule has 0 aliphatic rings. The van der Waals surface area contributed by atoms with E-state index in [1.165, 1.54) is 6.20 Å². The van der Waals surface area contributed by atoms with E-state index in [-0.39, 0.29) is 18.4 Å². The second-order valence-corrected chi connectivity index (χ2v) is 3.74. The Morgan fingerprint density at radius 2 is 2.40 bits per heavy atom. The molecule has 1 aromatic heterocycles. The van der Waals surface area contributed by atoms with Crippen molar-refractivity contribution in [2.75, 3.05) is 0 Å². The van der Waals surface area contributed by atoms with Crippen molar-refractivity contribution in [2.45, 2.75) is 25.8 Å². The van der Waals surface area contributed by atoms with E-state index in [2.05, 4.69) is 14.9 Å². The van der Waals surface area contributed by atoms with E-state index in [0.717, 1.165) is 11.5 Å². The van der Waals surface area contributed by atoms with Crippen LogP contribution in [-0.2, 0) is 4.79 Å². The van der Waals surface area contributed by atoms with E-state index in [1.807, 2.05) is 6.92 Å². The summed E-state index contributed by atoms with van der Waals surface area (Å²) in [6.07, 6.45) is 1.85. The third-order valence-corrected chi connectivity index (χ3v) is 2.50. The lowest BCUT2D eigenvalue weighted by Crippen LogP contribution is -2.35. The van der Waals surface area contributed by atoms with Crippen LogP contribution >= 0.6 is 11.5 Å². The summed E-state index contributed by atoms with van der Waals surface area (Å²) >= 11 is 0.982. The third kappa shape index (κ3) is 3.62. The quantitative estimate of drug-likeness (QED) is 0.768. The third-order valence-electron chi connectivity index (χ3n) is 1.83. The van der Waals surface area contributed by atoms with Crippen LogP contribution in [0.5, 0.6) is 0 Å². The first-order valence-corrected chi connectivity index (χ1v) is 5.20. The molecule has 0 aliphatic heterocycles. The summed E-state index contributed by atoms with van der Waals surface area (Å²) in [6.45, 7) is 1.82. The molecule has 1 rings (SSSR count). The van der Waals surface area contributed by atoms with Crippen LogP contribution in [0.4, 0.5) is 0 Å². The topological polar surface area (TPSA) is 92.2 Å². The molecule has 0 aliphatic carbocycles. The summed E-state index contributed by atoms with van der Waals surface area (Å²) < 4.78 is 3.55. The summed E-state index contributed by atoms with van der Waals surface area (Å²) in [4.78, 5) is 22.3. The average Bonchev–Trinajstić information content (AvgIpc) is 2.68. The first-order valence-electron chi connectivity index (χ1n) is 4.43. The summed E-state index contributed by atoms with van der Waals surface area (Å²) in [7, 11) is 0. The monoisotopic (exact) mass is 229 g/mol. The van der Waals surface area contributed by atoms with Crippen molar-refractivity contribution in [1.29, 1.82) is 0 Å². The van der Waals surface area contributed by atoms with Crippen molar-refractivity contribution in [3.63, 3.8) is 0 Å². The molecule has 0 saturated carbocycles. The van der Waals surface area contributed by atoms with E-state index in [4.69, 9.17) is 5.11 Å². The number of carboxylic acid groups (broad SMARTS) is 1. The highest BCUT2D eigenvalue weighted by Crippen LogP contribution is 2.04. The number of aromatic nitrogens is 2. The minimum Gasteiger partial charge on any atom is -0.481 e. The van der Waals surface area contributed by atoms with Gasteiger partial charge in [-0.1, -0.05) is 11.4 Å².